The van der Waals surface area contributed by atoms with Crippen LogP contribution >= 0.6 is 0 Å². The van der Waals surface area contributed by atoms with E-state index in [-0.39, 0.29) is 36.8 Å². The number of hydrogen-bond acceptors (Lipinski definition) is 3. The van der Waals surface area contributed by atoms with Crippen molar-refractivity contribution in [2.45, 2.75) is 43.7 Å². The molecule has 0 spiro atoms. The van der Waals surface area contributed by atoms with Gasteiger partial charge in [-0.1, -0.05) is 12.1 Å². The number of amides is 2. The van der Waals surface area contributed by atoms with Gasteiger partial charge in [0.05, 0.1) is 6.04 Å². The Hall–Kier alpha value is -2.02. The fraction of sp³-hybridized carbons (Fsp3) is 0.579. The van der Waals surface area contributed by atoms with Gasteiger partial charge in [-0.3, -0.25) is 14.5 Å². The monoisotopic (exact) mass is 363 g/mol. The molecule has 2 N–H and O–H groups in total. The molecule has 4 aliphatic heterocycles. The summed E-state index contributed by atoms with van der Waals surface area (Å²) in [6, 6.07) is 4.29. The maximum Gasteiger partial charge on any atom is 0.223 e. The Bertz CT molecular complexity index is 733. The third-order valence-electron chi connectivity index (χ3n) is 6.28. The molecule has 1 aromatic carbocycles. The average Bonchev–Trinajstić information content (AvgIpc) is 3.05. The van der Waals surface area contributed by atoms with Crippen molar-refractivity contribution in [1.82, 2.24) is 9.80 Å². The summed E-state index contributed by atoms with van der Waals surface area (Å²) in [4.78, 5) is 27.9. The molecule has 4 saturated heterocycles. The number of hydrogen-bond donors (Lipinski definition) is 1. The van der Waals surface area contributed by atoms with Gasteiger partial charge in [-0.05, 0) is 43.5 Å². The molecular formula is C19H23F2N3O2. The molecule has 0 aliphatic carbocycles. The largest absolute Gasteiger partial charge is 0.370 e. The molecule has 0 radical (unpaired) electrons. The molecule has 4 heterocycles. The third kappa shape index (κ3) is 2.78. The molecule has 4 aliphatic rings. The van der Waals surface area contributed by atoms with Crippen LogP contribution in [0.15, 0.2) is 18.2 Å². The van der Waals surface area contributed by atoms with E-state index in [0.29, 0.717) is 18.0 Å². The molecule has 2 bridgehead atoms. The normalized spacial score (nSPS) is 32.5. The minimum atomic E-state index is -0.853. The number of carbonyl (C=O) groups is 2. The van der Waals surface area contributed by atoms with Crippen molar-refractivity contribution >= 4 is 11.8 Å². The molecule has 140 valence electrons. The maximum atomic E-state index is 14.5. The summed E-state index contributed by atoms with van der Waals surface area (Å²) in [5.74, 6) is -2.16. The zero-order chi connectivity index (χ0) is 18.4. The first-order valence-corrected chi connectivity index (χ1v) is 9.23. The Labute approximate surface area is 151 Å². The second kappa shape index (κ2) is 6.61. The lowest BCUT2D eigenvalue weighted by Gasteiger charge is -2.51. The topological polar surface area (TPSA) is 66.6 Å². The smallest absolute Gasteiger partial charge is 0.223 e. The van der Waals surface area contributed by atoms with Gasteiger partial charge in [0.15, 0.2) is 11.6 Å². The number of fused-ring (bicyclic) bond motifs is 2. The number of benzene rings is 1. The number of piperidine rings is 3. The molecule has 7 heteroatoms. The first-order chi connectivity index (χ1) is 12.5. The van der Waals surface area contributed by atoms with E-state index in [4.69, 9.17) is 5.73 Å². The fourth-order valence-electron chi connectivity index (χ4n) is 5.16. The van der Waals surface area contributed by atoms with Crippen LogP contribution < -0.4 is 5.73 Å². The highest BCUT2D eigenvalue weighted by Crippen LogP contribution is 2.47. The van der Waals surface area contributed by atoms with Gasteiger partial charge in [0, 0.05) is 31.3 Å². The number of primary amides is 1. The van der Waals surface area contributed by atoms with Gasteiger partial charge < -0.3 is 10.6 Å². The molecule has 5 nitrogen and oxygen atoms in total. The highest BCUT2D eigenvalue weighted by Gasteiger charge is 2.55. The Kier molecular flexibility index (Phi) is 4.42. The van der Waals surface area contributed by atoms with E-state index < -0.39 is 17.5 Å². The highest BCUT2D eigenvalue weighted by molar-refractivity contribution is 5.83. The molecule has 2 amide bonds. The minimum Gasteiger partial charge on any atom is -0.370 e. The SMILES string of the molecule is NC(=O)CCC(=O)N1C[C@H](c2cccc(F)c2F)[C@@H]2[C@H]1C1CCN2CC1. The Morgan fingerprint density at radius 1 is 1.12 bits per heavy atom. The van der Waals surface area contributed by atoms with Gasteiger partial charge in [-0.25, -0.2) is 8.78 Å². The first kappa shape index (κ1) is 17.4. The van der Waals surface area contributed by atoms with E-state index in [1.54, 1.807) is 11.0 Å². The molecule has 5 rings (SSSR count). The van der Waals surface area contributed by atoms with Gasteiger partial charge >= 0.3 is 0 Å². The van der Waals surface area contributed by atoms with Crippen molar-refractivity contribution in [2.24, 2.45) is 11.7 Å². The Morgan fingerprint density at radius 2 is 1.85 bits per heavy atom. The third-order valence-corrected chi connectivity index (χ3v) is 6.28. The van der Waals surface area contributed by atoms with Crippen LogP contribution in [0.2, 0.25) is 0 Å². The van der Waals surface area contributed by atoms with Crippen LogP contribution in [-0.4, -0.2) is 53.3 Å². The zero-order valence-corrected chi connectivity index (χ0v) is 14.5. The second-order valence-electron chi connectivity index (χ2n) is 7.62. The number of likely N-dealkylation sites (tertiary alicyclic amines) is 1. The van der Waals surface area contributed by atoms with Crippen LogP contribution in [0.3, 0.4) is 0 Å². The minimum absolute atomic E-state index is 0.00513. The number of halogens is 2. The molecule has 3 atom stereocenters. The summed E-state index contributed by atoms with van der Waals surface area (Å²) >= 11 is 0. The van der Waals surface area contributed by atoms with Crippen molar-refractivity contribution in [2.75, 3.05) is 19.6 Å². The lowest BCUT2D eigenvalue weighted by atomic mass is 9.75. The fourth-order valence-corrected chi connectivity index (χ4v) is 5.16. The summed E-state index contributed by atoms with van der Waals surface area (Å²) in [5.41, 5.74) is 5.52. The van der Waals surface area contributed by atoms with E-state index in [0.717, 1.165) is 32.0 Å². The molecule has 0 saturated carbocycles. The van der Waals surface area contributed by atoms with E-state index in [1.807, 2.05) is 0 Å². The summed E-state index contributed by atoms with van der Waals surface area (Å²) in [5, 5.41) is 0. The molecular weight excluding hydrogens is 340 g/mol. The number of nitrogens with zero attached hydrogens (tertiary/aromatic N) is 2. The predicted molar refractivity (Wildman–Crippen MR) is 91.1 cm³/mol. The maximum absolute atomic E-state index is 14.5. The molecule has 0 aromatic heterocycles. The number of rotatable bonds is 4. The van der Waals surface area contributed by atoms with Crippen LogP contribution in [0.4, 0.5) is 8.78 Å². The van der Waals surface area contributed by atoms with Crippen LogP contribution in [-0.2, 0) is 9.59 Å². The summed E-state index contributed by atoms with van der Waals surface area (Å²) in [6.07, 6.45) is 2.11. The van der Waals surface area contributed by atoms with Crippen molar-refractivity contribution in [3.63, 3.8) is 0 Å². The van der Waals surface area contributed by atoms with Crippen LogP contribution in [0.25, 0.3) is 0 Å². The van der Waals surface area contributed by atoms with E-state index in [2.05, 4.69) is 4.90 Å². The highest BCUT2D eigenvalue weighted by atomic mass is 19.2. The van der Waals surface area contributed by atoms with Gasteiger partial charge in [-0.15, -0.1) is 0 Å². The van der Waals surface area contributed by atoms with Crippen molar-refractivity contribution in [3.8, 4) is 0 Å². The molecule has 1 aromatic rings. The predicted octanol–water partition coefficient (Wildman–Crippen LogP) is 1.62. The van der Waals surface area contributed by atoms with Gasteiger partial charge in [-0.2, -0.15) is 0 Å². The van der Waals surface area contributed by atoms with E-state index in [9.17, 15) is 18.4 Å². The number of nitrogens with two attached hydrogens (primary N) is 1. The Morgan fingerprint density at radius 3 is 2.54 bits per heavy atom. The quantitative estimate of drug-likeness (QED) is 0.884. The Balaban J connectivity index is 1.67. The summed E-state index contributed by atoms with van der Waals surface area (Å²) in [7, 11) is 0. The van der Waals surface area contributed by atoms with Crippen LogP contribution in [0.5, 0.6) is 0 Å². The van der Waals surface area contributed by atoms with E-state index in [1.165, 1.54) is 6.07 Å². The van der Waals surface area contributed by atoms with Crippen LogP contribution in [0, 0.1) is 17.6 Å². The van der Waals surface area contributed by atoms with E-state index >= 15 is 0 Å². The van der Waals surface area contributed by atoms with Gasteiger partial charge in [0.25, 0.3) is 0 Å². The number of carbonyl (C=O) groups excluding carboxylic acids is 2. The average molecular weight is 363 g/mol. The first-order valence-electron chi connectivity index (χ1n) is 9.23. The van der Waals surface area contributed by atoms with Crippen LogP contribution in [0.1, 0.15) is 37.2 Å². The molecule has 0 unspecified atom stereocenters. The molecule has 26 heavy (non-hydrogen) atoms. The lowest BCUT2D eigenvalue weighted by molar-refractivity contribution is -0.137. The summed E-state index contributed by atoms with van der Waals surface area (Å²) in [6.45, 7) is 2.23. The van der Waals surface area contributed by atoms with Gasteiger partial charge in [0.1, 0.15) is 0 Å². The van der Waals surface area contributed by atoms with Crippen molar-refractivity contribution in [1.29, 1.82) is 0 Å². The second-order valence-corrected chi connectivity index (χ2v) is 7.62. The van der Waals surface area contributed by atoms with Gasteiger partial charge in [0.2, 0.25) is 11.8 Å². The standard InChI is InChI=1S/C19H23F2N3O2/c20-14-3-1-2-12(17(14)21)13-10-24(16(26)5-4-15(22)25)18-11-6-8-23(9-7-11)19(13)18/h1-3,11,13,18-19H,4-10H2,(H2,22,25)/t13-,18-,19-/m1/s1. The summed E-state index contributed by atoms with van der Waals surface area (Å²) < 4.78 is 28.3. The zero-order valence-electron chi connectivity index (χ0n) is 14.5. The lowest BCUT2D eigenvalue weighted by Crippen LogP contribution is -2.60. The molecule has 4 fully saturated rings. The van der Waals surface area contributed by atoms with Crippen molar-refractivity contribution < 1.29 is 18.4 Å². The van der Waals surface area contributed by atoms with Crippen molar-refractivity contribution in [3.05, 3.63) is 35.4 Å².